The molecule has 2 fully saturated rings. The summed E-state index contributed by atoms with van der Waals surface area (Å²) in [5, 5.41) is 13.4. The number of amides is 7. The summed E-state index contributed by atoms with van der Waals surface area (Å²) < 4.78 is 15.8. The molecule has 2 saturated heterocycles. The number of benzene rings is 1. The molecular weight excluding hydrogens is 725 g/mol. The molecule has 3 rings (SSSR count). The molecule has 0 unspecified atom stereocenters. The van der Waals surface area contributed by atoms with Gasteiger partial charge in [0.15, 0.2) is 0 Å². The Labute approximate surface area is 314 Å². The van der Waals surface area contributed by atoms with E-state index in [0.29, 0.717) is 57.2 Å². The molecule has 2 aliphatic rings. The van der Waals surface area contributed by atoms with Gasteiger partial charge in [-0.15, -0.1) is 0 Å². The number of phosphoric ester groups is 1. The maximum atomic E-state index is 13.8. The Morgan fingerprint density at radius 2 is 1.43 bits per heavy atom. The highest BCUT2D eigenvalue weighted by Crippen LogP contribution is 2.37. The summed E-state index contributed by atoms with van der Waals surface area (Å²) in [7, 11) is -4.81. The second kappa shape index (κ2) is 20.2. The largest absolute Gasteiger partial charge is 0.524 e. The van der Waals surface area contributed by atoms with Gasteiger partial charge in [0.05, 0.1) is 6.42 Å². The number of rotatable bonds is 8. The molecule has 7 amide bonds. The number of nitrogens with zero attached hydrogens (tertiary/aromatic N) is 1. The Balaban J connectivity index is 1.92. The quantitative estimate of drug-likeness (QED) is 0.161. The molecule has 0 aliphatic carbocycles. The van der Waals surface area contributed by atoms with Gasteiger partial charge in [-0.1, -0.05) is 52.7 Å². The molecule has 5 atom stereocenters. The third-order valence-corrected chi connectivity index (χ3v) is 9.67. The molecule has 2 heterocycles. The minimum absolute atomic E-state index is 0.0742. The molecule has 1 aromatic carbocycles. The number of hydrogen-bond acceptors (Lipinski definition) is 9. The number of primary amides is 1. The Bertz CT molecular complexity index is 1570. The average Bonchev–Trinajstić information content (AvgIpc) is 3.57. The Morgan fingerprint density at radius 3 is 2.04 bits per heavy atom. The Kier molecular flexibility index (Phi) is 16.4. The van der Waals surface area contributed by atoms with Crippen LogP contribution in [-0.2, 0) is 44.5 Å². The molecule has 0 saturated carbocycles. The van der Waals surface area contributed by atoms with Crippen LogP contribution in [0.3, 0.4) is 0 Å². The fraction of sp³-hybridized carbons (Fsp3) is 0.629. The van der Waals surface area contributed by atoms with Gasteiger partial charge in [0.25, 0.3) is 0 Å². The van der Waals surface area contributed by atoms with Crippen LogP contribution in [0.2, 0.25) is 0 Å². The molecule has 2 aliphatic heterocycles. The Hall–Kier alpha value is -4.54. The lowest BCUT2D eigenvalue weighted by atomic mass is 9.99. The van der Waals surface area contributed by atoms with Crippen LogP contribution in [0.1, 0.15) is 84.6 Å². The van der Waals surface area contributed by atoms with E-state index >= 15 is 0 Å². The van der Waals surface area contributed by atoms with E-state index in [1.807, 2.05) is 0 Å². The van der Waals surface area contributed by atoms with Gasteiger partial charge in [-0.05, 0) is 55.2 Å². The van der Waals surface area contributed by atoms with E-state index in [0.717, 1.165) is 0 Å². The summed E-state index contributed by atoms with van der Waals surface area (Å²) in [6.07, 6.45) is 2.91. The van der Waals surface area contributed by atoms with Gasteiger partial charge in [-0.3, -0.25) is 43.3 Å². The van der Waals surface area contributed by atoms with Crippen molar-refractivity contribution in [3.63, 3.8) is 0 Å². The first-order valence-electron chi connectivity index (χ1n) is 18.3. The van der Waals surface area contributed by atoms with Crippen LogP contribution in [-0.4, -0.2) is 99.3 Å². The van der Waals surface area contributed by atoms with Crippen LogP contribution in [0.5, 0.6) is 5.75 Å². The van der Waals surface area contributed by atoms with E-state index in [4.69, 9.17) is 15.5 Å². The van der Waals surface area contributed by atoms with Crippen molar-refractivity contribution in [3.05, 3.63) is 29.8 Å². The highest BCUT2D eigenvalue weighted by Gasteiger charge is 2.40. The van der Waals surface area contributed by atoms with Crippen molar-refractivity contribution in [2.24, 2.45) is 17.6 Å². The van der Waals surface area contributed by atoms with Crippen LogP contribution in [0.25, 0.3) is 0 Å². The smallest absolute Gasteiger partial charge is 0.404 e. The fourth-order valence-corrected chi connectivity index (χ4v) is 6.73. The van der Waals surface area contributed by atoms with Crippen molar-refractivity contribution >= 4 is 49.2 Å². The number of carbonyl (C=O) groups is 7. The minimum atomic E-state index is -4.81. The van der Waals surface area contributed by atoms with Gasteiger partial charge in [0.1, 0.15) is 36.0 Å². The van der Waals surface area contributed by atoms with Crippen LogP contribution in [0.15, 0.2) is 24.3 Å². The van der Waals surface area contributed by atoms with E-state index in [9.17, 15) is 38.1 Å². The zero-order chi connectivity index (χ0) is 40.2. The molecule has 0 spiro atoms. The van der Waals surface area contributed by atoms with Gasteiger partial charge in [0, 0.05) is 25.9 Å². The van der Waals surface area contributed by atoms with Gasteiger partial charge in [0.2, 0.25) is 41.4 Å². The van der Waals surface area contributed by atoms with Crippen molar-refractivity contribution < 1.29 is 52.4 Å². The van der Waals surface area contributed by atoms with Crippen molar-refractivity contribution in [2.75, 3.05) is 13.1 Å². The van der Waals surface area contributed by atoms with Crippen LogP contribution < -0.4 is 36.8 Å². The van der Waals surface area contributed by atoms with Crippen molar-refractivity contribution in [2.45, 2.75) is 116 Å². The zero-order valence-electron chi connectivity index (χ0n) is 31.2. The van der Waals surface area contributed by atoms with Gasteiger partial charge in [-0.25, -0.2) is 4.57 Å². The summed E-state index contributed by atoms with van der Waals surface area (Å²) in [6, 6.07) is -0.280. The maximum absolute atomic E-state index is 13.8. The van der Waals surface area contributed by atoms with E-state index in [1.165, 1.54) is 29.2 Å². The van der Waals surface area contributed by atoms with E-state index in [2.05, 4.69) is 31.1 Å². The predicted molar refractivity (Wildman–Crippen MR) is 195 cm³/mol. The molecule has 0 aromatic heterocycles. The number of nitrogens with one attached hydrogen (secondary N) is 5. The van der Waals surface area contributed by atoms with E-state index in [1.54, 1.807) is 27.7 Å². The molecule has 0 bridgehead atoms. The highest BCUT2D eigenvalue weighted by molar-refractivity contribution is 7.46. The second-order valence-corrected chi connectivity index (χ2v) is 15.6. The van der Waals surface area contributed by atoms with Gasteiger partial charge >= 0.3 is 7.82 Å². The van der Waals surface area contributed by atoms with E-state index < -0.39 is 91.7 Å². The summed E-state index contributed by atoms with van der Waals surface area (Å²) in [5.74, 6) is -5.66. The molecule has 1 aromatic rings. The summed E-state index contributed by atoms with van der Waals surface area (Å²) >= 11 is 0. The Morgan fingerprint density at radius 1 is 0.815 bits per heavy atom. The van der Waals surface area contributed by atoms with Crippen molar-refractivity contribution in [3.8, 4) is 5.75 Å². The third kappa shape index (κ3) is 13.7. The summed E-state index contributed by atoms with van der Waals surface area (Å²) in [4.78, 5) is 113. The normalized spacial score (nSPS) is 24.9. The van der Waals surface area contributed by atoms with Crippen molar-refractivity contribution in [1.29, 1.82) is 0 Å². The van der Waals surface area contributed by atoms with E-state index in [-0.39, 0.29) is 24.5 Å². The molecule has 18 nitrogen and oxygen atoms in total. The molecule has 0 radical (unpaired) electrons. The first-order valence-corrected chi connectivity index (χ1v) is 19.8. The lowest BCUT2D eigenvalue weighted by molar-refractivity contribution is -0.143. The standard InChI is InChI=1S/C35H54N7O11P/c1-20(2)29-34(48)39-25(19-27(36)43)32(46)41-30(21(3)4)35(49)42-17-9-10-26(42)33(47)37-16-8-6-5-7-11-28(44)38-24(31(45)40-29)18-22-12-14-23(15-13-22)53-54(50,51)52/h12-15,20-21,24-26,29-30H,5-11,16-19H2,1-4H3,(H2,36,43)(H,37,47)(H,38,44)(H,39,48)(H,40,45)(H,41,46)(H2,50,51,52)/t24-,25-,26-,29-,30+/m0/s1. The zero-order valence-corrected chi connectivity index (χ0v) is 32.1. The lowest BCUT2D eigenvalue weighted by Gasteiger charge is -2.32. The molecule has 54 heavy (non-hydrogen) atoms. The SMILES string of the molecule is CC(C)[C@@H]1NC(=O)[C@H](Cc2ccc(OP(=O)(O)O)cc2)NC(=O)CCCCCCNC(=O)[C@@H]2CCCN2C(=O)[C@@H](C(C)C)NC(=O)[C@H](CC(N)=O)NC1=O. The van der Waals surface area contributed by atoms with Crippen LogP contribution in [0, 0.1) is 11.8 Å². The minimum Gasteiger partial charge on any atom is -0.404 e. The first-order chi connectivity index (χ1) is 25.4. The molecule has 19 heteroatoms. The topological polar surface area (TPSA) is 276 Å². The molecule has 300 valence electrons. The van der Waals surface area contributed by atoms with Crippen LogP contribution in [0.4, 0.5) is 0 Å². The first kappa shape index (κ1) is 43.9. The van der Waals surface area contributed by atoms with Gasteiger partial charge < -0.3 is 41.7 Å². The predicted octanol–water partition coefficient (Wildman–Crippen LogP) is -0.101. The average molecular weight is 780 g/mol. The second-order valence-electron chi connectivity index (χ2n) is 14.4. The monoisotopic (exact) mass is 779 g/mol. The number of hydrogen-bond donors (Lipinski definition) is 8. The maximum Gasteiger partial charge on any atom is 0.524 e. The van der Waals surface area contributed by atoms with Crippen LogP contribution >= 0.6 is 7.82 Å². The van der Waals surface area contributed by atoms with Gasteiger partial charge in [-0.2, -0.15) is 0 Å². The third-order valence-electron chi connectivity index (χ3n) is 9.22. The fourth-order valence-electron chi connectivity index (χ4n) is 6.34. The highest BCUT2D eigenvalue weighted by atomic mass is 31.2. The summed E-state index contributed by atoms with van der Waals surface area (Å²) in [6.45, 7) is 7.39. The number of fused-ring (bicyclic) bond motifs is 1. The summed E-state index contributed by atoms with van der Waals surface area (Å²) in [5.41, 5.74) is 5.94. The molecule has 9 N–H and O–H groups in total. The number of carbonyl (C=O) groups excluding carboxylic acids is 7. The molecular formula is C35H54N7O11P. The number of nitrogens with two attached hydrogens (primary N) is 1. The lowest BCUT2D eigenvalue weighted by Crippen LogP contribution is -2.61. The number of phosphoric acid groups is 1. The van der Waals surface area contributed by atoms with Crippen molar-refractivity contribution in [1.82, 2.24) is 31.5 Å².